The lowest BCUT2D eigenvalue weighted by molar-refractivity contribution is -0.117. The quantitative estimate of drug-likeness (QED) is 0.766. The Morgan fingerprint density at radius 2 is 2.11 bits per heavy atom. The van der Waals surface area contributed by atoms with Crippen LogP contribution in [0.1, 0.15) is 6.42 Å². The molecule has 0 bridgehead atoms. The summed E-state index contributed by atoms with van der Waals surface area (Å²) in [7, 11) is 0. The number of amides is 1. The average Bonchev–Trinajstić information content (AvgIpc) is 2.79. The van der Waals surface area contributed by atoms with Crippen molar-refractivity contribution in [3.05, 3.63) is 18.3 Å². The number of carbonyl (C=O) groups is 1. The number of hydrogen-bond donors (Lipinski definition) is 0. The van der Waals surface area contributed by atoms with Gasteiger partial charge in [0.15, 0.2) is 0 Å². The van der Waals surface area contributed by atoms with Crippen LogP contribution in [-0.4, -0.2) is 49.1 Å². The van der Waals surface area contributed by atoms with Crippen LogP contribution in [0.5, 0.6) is 0 Å². The third-order valence-corrected chi connectivity index (χ3v) is 3.76. The number of alkyl halides is 1. The van der Waals surface area contributed by atoms with Gasteiger partial charge in [-0.15, -0.1) is 11.6 Å². The van der Waals surface area contributed by atoms with E-state index in [9.17, 15) is 4.79 Å². The lowest BCUT2D eigenvalue weighted by Crippen LogP contribution is -2.36. The molecule has 1 aromatic heterocycles. The molecule has 0 saturated carbocycles. The largest absolute Gasteiger partial charge is 0.378 e. The second-order valence-corrected chi connectivity index (χ2v) is 5.40. The summed E-state index contributed by atoms with van der Waals surface area (Å²) in [6.07, 6.45) is 2.21. The molecule has 1 aromatic rings. The summed E-state index contributed by atoms with van der Waals surface area (Å²) >= 11 is 5.99. The van der Waals surface area contributed by atoms with Crippen molar-refractivity contribution in [1.29, 1.82) is 0 Å². The molecular weight excluding hydrogens is 266 g/mol. The maximum absolute atomic E-state index is 11.7. The molecule has 2 saturated heterocycles. The molecule has 0 N–H and O–H groups in total. The van der Waals surface area contributed by atoms with E-state index in [1.807, 2.05) is 18.3 Å². The van der Waals surface area contributed by atoms with Gasteiger partial charge >= 0.3 is 0 Å². The lowest BCUT2D eigenvalue weighted by Gasteiger charge is -2.28. The van der Waals surface area contributed by atoms with E-state index in [2.05, 4.69) is 9.88 Å². The first-order valence-corrected chi connectivity index (χ1v) is 6.91. The Morgan fingerprint density at radius 1 is 1.32 bits per heavy atom. The summed E-state index contributed by atoms with van der Waals surface area (Å²) in [4.78, 5) is 20.0. The van der Waals surface area contributed by atoms with Gasteiger partial charge in [0.25, 0.3) is 0 Å². The van der Waals surface area contributed by atoms with E-state index in [0.717, 1.165) is 32.0 Å². The molecule has 3 heterocycles. The minimum atomic E-state index is -0.104. The molecule has 2 fully saturated rings. The number of pyridine rings is 1. The van der Waals surface area contributed by atoms with Crippen LogP contribution in [0.2, 0.25) is 0 Å². The molecular formula is C13H16ClN3O2. The van der Waals surface area contributed by atoms with Crippen molar-refractivity contribution >= 4 is 29.0 Å². The van der Waals surface area contributed by atoms with Crippen LogP contribution in [0.3, 0.4) is 0 Å². The van der Waals surface area contributed by atoms with Gasteiger partial charge in [0.1, 0.15) is 5.82 Å². The predicted molar refractivity (Wildman–Crippen MR) is 73.9 cm³/mol. The van der Waals surface area contributed by atoms with Crippen molar-refractivity contribution in [2.45, 2.75) is 11.8 Å². The smallest absolute Gasteiger partial charge is 0.229 e. The van der Waals surface area contributed by atoms with Gasteiger partial charge in [0, 0.05) is 26.1 Å². The van der Waals surface area contributed by atoms with E-state index in [4.69, 9.17) is 16.3 Å². The Hall–Kier alpha value is -1.33. The van der Waals surface area contributed by atoms with Crippen LogP contribution in [-0.2, 0) is 9.53 Å². The van der Waals surface area contributed by atoms with Gasteiger partial charge in [-0.2, -0.15) is 0 Å². The number of halogens is 1. The summed E-state index contributed by atoms with van der Waals surface area (Å²) in [5.41, 5.74) is 1.07. The summed E-state index contributed by atoms with van der Waals surface area (Å²) in [5.74, 6) is 0.733. The molecule has 0 aliphatic carbocycles. The molecule has 0 spiro atoms. The van der Waals surface area contributed by atoms with Gasteiger partial charge in [0.05, 0.1) is 30.5 Å². The summed E-state index contributed by atoms with van der Waals surface area (Å²) in [6, 6.07) is 3.89. The van der Waals surface area contributed by atoms with E-state index in [-0.39, 0.29) is 11.3 Å². The van der Waals surface area contributed by atoms with Crippen LogP contribution in [0.25, 0.3) is 0 Å². The Bertz CT molecular complexity index is 459. The van der Waals surface area contributed by atoms with E-state index in [1.54, 1.807) is 4.90 Å². The third-order valence-electron chi connectivity index (χ3n) is 3.46. The zero-order valence-electron chi connectivity index (χ0n) is 10.6. The number of hydrogen-bond acceptors (Lipinski definition) is 4. The van der Waals surface area contributed by atoms with E-state index < -0.39 is 0 Å². The SMILES string of the molecule is O=C1CC(Cl)CN1c1ccc(N2CCOCC2)cn1. The van der Waals surface area contributed by atoms with Crippen LogP contribution in [0.15, 0.2) is 18.3 Å². The molecule has 0 radical (unpaired) electrons. The minimum Gasteiger partial charge on any atom is -0.378 e. The second kappa shape index (κ2) is 5.35. The van der Waals surface area contributed by atoms with Gasteiger partial charge in [-0.25, -0.2) is 4.98 Å². The molecule has 1 unspecified atom stereocenters. The molecule has 6 heteroatoms. The third kappa shape index (κ3) is 2.67. The molecule has 3 rings (SSSR count). The first-order valence-electron chi connectivity index (χ1n) is 6.47. The number of aromatic nitrogens is 1. The van der Waals surface area contributed by atoms with Crippen molar-refractivity contribution in [1.82, 2.24) is 4.98 Å². The van der Waals surface area contributed by atoms with Gasteiger partial charge in [0.2, 0.25) is 5.91 Å². The normalized spacial score (nSPS) is 24.1. The van der Waals surface area contributed by atoms with E-state index >= 15 is 0 Å². The molecule has 2 aliphatic heterocycles. The topological polar surface area (TPSA) is 45.7 Å². The fourth-order valence-electron chi connectivity index (χ4n) is 2.43. The van der Waals surface area contributed by atoms with Crippen LogP contribution in [0.4, 0.5) is 11.5 Å². The zero-order valence-corrected chi connectivity index (χ0v) is 11.3. The predicted octanol–water partition coefficient (Wildman–Crippen LogP) is 1.26. The molecule has 19 heavy (non-hydrogen) atoms. The molecule has 2 aliphatic rings. The van der Waals surface area contributed by atoms with E-state index in [1.165, 1.54) is 0 Å². The van der Waals surface area contributed by atoms with Crippen LogP contribution < -0.4 is 9.80 Å². The number of ether oxygens (including phenoxy) is 1. The highest BCUT2D eigenvalue weighted by Crippen LogP contribution is 2.24. The number of carbonyl (C=O) groups excluding carboxylic acids is 1. The number of rotatable bonds is 2. The summed E-state index contributed by atoms with van der Waals surface area (Å²) < 4.78 is 5.32. The molecule has 1 atom stereocenters. The summed E-state index contributed by atoms with van der Waals surface area (Å²) in [5, 5.41) is -0.104. The fourth-order valence-corrected chi connectivity index (χ4v) is 2.70. The highest BCUT2D eigenvalue weighted by Gasteiger charge is 2.29. The lowest BCUT2D eigenvalue weighted by atomic mass is 10.3. The van der Waals surface area contributed by atoms with Gasteiger partial charge in [-0.1, -0.05) is 0 Å². The highest BCUT2D eigenvalue weighted by atomic mass is 35.5. The molecule has 0 aromatic carbocycles. The van der Waals surface area contributed by atoms with Crippen molar-refractivity contribution < 1.29 is 9.53 Å². The molecule has 5 nitrogen and oxygen atoms in total. The Kier molecular flexibility index (Phi) is 3.57. The van der Waals surface area contributed by atoms with Gasteiger partial charge < -0.3 is 9.64 Å². The Balaban J connectivity index is 1.73. The van der Waals surface area contributed by atoms with E-state index in [0.29, 0.717) is 18.8 Å². The Labute approximate surface area is 117 Å². The van der Waals surface area contributed by atoms with Crippen LogP contribution in [0, 0.1) is 0 Å². The zero-order chi connectivity index (χ0) is 13.2. The Morgan fingerprint density at radius 3 is 2.68 bits per heavy atom. The minimum absolute atomic E-state index is 0.0478. The average molecular weight is 282 g/mol. The van der Waals surface area contributed by atoms with Crippen molar-refractivity contribution in [2.24, 2.45) is 0 Å². The van der Waals surface area contributed by atoms with Gasteiger partial charge in [-0.05, 0) is 12.1 Å². The van der Waals surface area contributed by atoms with Gasteiger partial charge in [-0.3, -0.25) is 9.69 Å². The highest BCUT2D eigenvalue weighted by molar-refractivity contribution is 6.24. The maximum atomic E-state index is 11.7. The van der Waals surface area contributed by atoms with Crippen molar-refractivity contribution in [3.8, 4) is 0 Å². The number of anilines is 2. The molecule has 1 amide bonds. The fraction of sp³-hybridized carbons (Fsp3) is 0.538. The molecule has 102 valence electrons. The summed E-state index contributed by atoms with van der Waals surface area (Å²) in [6.45, 7) is 3.81. The first-order chi connectivity index (χ1) is 9.24. The second-order valence-electron chi connectivity index (χ2n) is 4.78. The van der Waals surface area contributed by atoms with Crippen molar-refractivity contribution in [3.63, 3.8) is 0 Å². The standard InChI is InChI=1S/C13H16ClN3O2/c14-10-7-13(18)17(9-10)12-2-1-11(8-15-12)16-3-5-19-6-4-16/h1-2,8,10H,3-7,9H2. The van der Waals surface area contributed by atoms with Crippen LogP contribution >= 0.6 is 11.6 Å². The maximum Gasteiger partial charge on any atom is 0.229 e. The first kappa shape index (κ1) is 12.7. The monoisotopic (exact) mass is 281 g/mol. The number of morpholine rings is 1. The number of nitrogens with zero attached hydrogens (tertiary/aromatic N) is 3. The van der Waals surface area contributed by atoms with Crippen molar-refractivity contribution in [2.75, 3.05) is 42.6 Å².